The number of rotatable bonds is 2. The van der Waals surface area contributed by atoms with Crippen molar-refractivity contribution < 1.29 is 14.3 Å². The van der Waals surface area contributed by atoms with Crippen molar-refractivity contribution in [3.63, 3.8) is 0 Å². The Bertz CT molecular complexity index is 804. The average molecular weight is 414 g/mol. The van der Waals surface area contributed by atoms with Gasteiger partial charge in [0.1, 0.15) is 0 Å². The van der Waals surface area contributed by atoms with Crippen LogP contribution in [0.2, 0.25) is 0 Å². The summed E-state index contributed by atoms with van der Waals surface area (Å²) >= 11 is 0. The van der Waals surface area contributed by atoms with E-state index in [2.05, 4.69) is 14.9 Å². The van der Waals surface area contributed by atoms with Gasteiger partial charge in [-0.05, 0) is 38.2 Å². The summed E-state index contributed by atoms with van der Waals surface area (Å²) in [5, 5.41) is 0. The molecule has 0 saturated carbocycles. The molecule has 1 atom stereocenters. The standard InChI is InChI=1S/C22H31N5O3/c1-25-10-7-22(19(25)29)16-27(20-23-8-2-9-24-20)15-21(22)5-11-26(12-6-21)18(28)17-3-13-30-14-4-17/h2,8-9,17H,3-7,10-16H2,1H3. The fourth-order valence-electron chi connectivity index (χ4n) is 6.23. The smallest absolute Gasteiger partial charge is 0.231 e. The number of fused-ring (bicyclic) bond motifs is 1. The molecular formula is C22H31N5O3. The Morgan fingerprint density at radius 1 is 1.07 bits per heavy atom. The number of hydrogen-bond donors (Lipinski definition) is 0. The van der Waals surface area contributed by atoms with Gasteiger partial charge in [0.05, 0.1) is 5.41 Å². The first-order valence-electron chi connectivity index (χ1n) is 11.2. The Labute approximate surface area is 177 Å². The van der Waals surface area contributed by atoms with Crippen LogP contribution in [0.25, 0.3) is 0 Å². The highest BCUT2D eigenvalue weighted by Gasteiger charge is 2.65. The highest BCUT2D eigenvalue weighted by atomic mass is 16.5. The van der Waals surface area contributed by atoms with Gasteiger partial charge in [0.2, 0.25) is 17.8 Å². The summed E-state index contributed by atoms with van der Waals surface area (Å²) in [5.74, 6) is 1.33. The van der Waals surface area contributed by atoms with Crippen LogP contribution in [0.5, 0.6) is 0 Å². The first-order chi connectivity index (χ1) is 14.5. The van der Waals surface area contributed by atoms with Gasteiger partial charge in [0, 0.05) is 76.7 Å². The van der Waals surface area contributed by atoms with Crippen molar-refractivity contribution in [2.45, 2.75) is 32.1 Å². The van der Waals surface area contributed by atoms with Crippen molar-refractivity contribution >= 4 is 17.8 Å². The molecule has 5 heterocycles. The van der Waals surface area contributed by atoms with Crippen LogP contribution in [0.3, 0.4) is 0 Å². The van der Waals surface area contributed by atoms with E-state index in [9.17, 15) is 9.59 Å². The van der Waals surface area contributed by atoms with Gasteiger partial charge in [-0.3, -0.25) is 9.59 Å². The number of carbonyl (C=O) groups is 2. The average Bonchev–Trinajstić information content (AvgIpc) is 3.28. The third-order valence-corrected chi connectivity index (χ3v) is 8.04. The zero-order valence-electron chi connectivity index (χ0n) is 17.8. The van der Waals surface area contributed by atoms with Crippen molar-refractivity contribution in [1.82, 2.24) is 19.8 Å². The predicted molar refractivity (Wildman–Crippen MR) is 111 cm³/mol. The molecule has 0 N–H and O–H groups in total. The lowest BCUT2D eigenvalue weighted by molar-refractivity contribution is -0.146. The van der Waals surface area contributed by atoms with E-state index in [1.165, 1.54) is 0 Å². The Kier molecular flexibility index (Phi) is 4.92. The minimum Gasteiger partial charge on any atom is -0.381 e. The second-order valence-electron chi connectivity index (χ2n) is 9.46. The number of anilines is 1. The van der Waals surface area contributed by atoms with Gasteiger partial charge in [-0.1, -0.05) is 0 Å². The van der Waals surface area contributed by atoms with E-state index < -0.39 is 5.41 Å². The molecule has 1 aromatic rings. The molecule has 4 aliphatic rings. The maximum Gasteiger partial charge on any atom is 0.231 e. The Balaban J connectivity index is 1.37. The van der Waals surface area contributed by atoms with Gasteiger partial charge in [-0.15, -0.1) is 0 Å². The Morgan fingerprint density at radius 2 is 1.77 bits per heavy atom. The van der Waals surface area contributed by atoms with Gasteiger partial charge in [-0.25, -0.2) is 9.97 Å². The molecule has 1 aromatic heterocycles. The fraction of sp³-hybridized carbons (Fsp3) is 0.727. The third-order valence-electron chi connectivity index (χ3n) is 8.04. The predicted octanol–water partition coefficient (Wildman–Crippen LogP) is 1.18. The van der Waals surface area contributed by atoms with Crippen LogP contribution in [-0.2, 0) is 14.3 Å². The van der Waals surface area contributed by atoms with Gasteiger partial charge >= 0.3 is 0 Å². The second-order valence-corrected chi connectivity index (χ2v) is 9.46. The Hall–Kier alpha value is -2.22. The van der Waals surface area contributed by atoms with E-state index >= 15 is 0 Å². The summed E-state index contributed by atoms with van der Waals surface area (Å²) in [4.78, 5) is 41.5. The minimum atomic E-state index is -0.394. The van der Waals surface area contributed by atoms with Crippen molar-refractivity contribution in [1.29, 1.82) is 0 Å². The van der Waals surface area contributed by atoms with Gasteiger partial charge in [-0.2, -0.15) is 0 Å². The first kappa shape index (κ1) is 19.7. The highest BCUT2D eigenvalue weighted by molar-refractivity contribution is 5.87. The number of amides is 2. The lowest BCUT2D eigenvalue weighted by Gasteiger charge is -2.47. The number of hydrogen-bond acceptors (Lipinski definition) is 6. The second kappa shape index (κ2) is 7.48. The summed E-state index contributed by atoms with van der Waals surface area (Å²) in [6, 6.07) is 1.82. The molecular weight excluding hydrogens is 382 g/mol. The molecule has 30 heavy (non-hydrogen) atoms. The molecule has 8 nitrogen and oxygen atoms in total. The third kappa shape index (κ3) is 2.99. The highest BCUT2D eigenvalue weighted by Crippen LogP contribution is 2.58. The summed E-state index contributed by atoms with van der Waals surface area (Å²) < 4.78 is 5.42. The molecule has 1 unspecified atom stereocenters. The molecule has 8 heteroatoms. The van der Waals surface area contributed by atoms with E-state index in [-0.39, 0.29) is 23.1 Å². The monoisotopic (exact) mass is 413 g/mol. The van der Waals surface area contributed by atoms with E-state index in [4.69, 9.17) is 4.74 Å². The molecule has 4 fully saturated rings. The molecule has 4 saturated heterocycles. The van der Waals surface area contributed by atoms with Gasteiger partial charge < -0.3 is 19.4 Å². The maximum absolute atomic E-state index is 13.4. The molecule has 2 amide bonds. The van der Waals surface area contributed by atoms with Crippen molar-refractivity contribution in [3.05, 3.63) is 18.5 Å². The lowest BCUT2D eigenvalue weighted by Crippen LogP contribution is -2.54. The van der Waals surface area contributed by atoms with E-state index in [0.29, 0.717) is 25.7 Å². The number of piperidine rings is 1. The van der Waals surface area contributed by atoms with Crippen LogP contribution < -0.4 is 4.90 Å². The SMILES string of the molecule is CN1CCC2(CN(c3ncccn3)CC23CCN(C(=O)C2CCOCC2)CC3)C1=O. The number of nitrogens with zero attached hydrogens (tertiary/aromatic N) is 5. The van der Waals surface area contributed by atoms with E-state index in [1.54, 1.807) is 12.4 Å². The number of likely N-dealkylation sites (tertiary alicyclic amines) is 2. The van der Waals surface area contributed by atoms with Crippen LogP contribution in [0.4, 0.5) is 5.95 Å². The van der Waals surface area contributed by atoms with Crippen molar-refractivity contribution in [3.8, 4) is 0 Å². The van der Waals surface area contributed by atoms with Crippen LogP contribution in [-0.4, -0.2) is 84.6 Å². The van der Waals surface area contributed by atoms with Gasteiger partial charge in [0.15, 0.2) is 0 Å². The maximum atomic E-state index is 13.4. The number of ether oxygens (including phenoxy) is 1. The van der Waals surface area contributed by atoms with E-state index in [1.807, 2.05) is 22.9 Å². The topological polar surface area (TPSA) is 78.9 Å². The summed E-state index contributed by atoms with van der Waals surface area (Å²) in [7, 11) is 1.91. The number of carbonyl (C=O) groups excluding carboxylic acids is 2. The van der Waals surface area contributed by atoms with Crippen LogP contribution >= 0.6 is 0 Å². The van der Waals surface area contributed by atoms with Crippen LogP contribution in [0, 0.1) is 16.7 Å². The molecule has 4 aliphatic heterocycles. The molecule has 2 spiro atoms. The fourth-order valence-corrected chi connectivity index (χ4v) is 6.23. The zero-order chi connectivity index (χ0) is 20.8. The lowest BCUT2D eigenvalue weighted by atomic mass is 9.60. The Morgan fingerprint density at radius 3 is 2.40 bits per heavy atom. The molecule has 0 radical (unpaired) electrons. The van der Waals surface area contributed by atoms with Gasteiger partial charge in [0.25, 0.3) is 0 Å². The molecule has 0 bridgehead atoms. The summed E-state index contributed by atoms with van der Waals surface area (Å²) in [5.41, 5.74) is -0.519. The van der Waals surface area contributed by atoms with E-state index in [0.717, 1.165) is 58.3 Å². The molecule has 162 valence electrons. The summed E-state index contributed by atoms with van der Waals surface area (Å²) in [6.45, 7) is 5.10. The van der Waals surface area contributed by atoms with Crippen LogP contribution in [0.1, 0.15) is 32.1 Å². The van der Waals surface area contributed by atoms with Crippen LogP contribution in [0.15, 0.2) is 18.5 Å². The summed E-state index contributed by atoms with van der Waals surface area (Å²) in [6.07, 6.45) is 7.78. The largest absolute Gasteiger partial charge is 0.381 e. The molecule has 0 aliphatic carbocycles. The quantitative estimate of drug-likeness (QED) is 0.725. The number of aromatic nitrogens is 2. The van der Waals surface area contributed by atoms with Crippen molar-refractivity contribution in [2.75, 3.05) is 57.9 Å². The molecule has 5 rings (SSSR count). The first-order valence-corrected chi connectivity index (χ1v) is 11.2. The zero-order valence-corrected chi connectivity index (χ0v) is 17.8. The minimum absolute atomic E-state index is 0.0961. The normalized spacial score (nSPS) is 29.4. The van der Waals surface area contributed by atoms with Crippen molar-refractivity contribution in [2.24, 2.45) is 16.7 Å². The molecule has 0 aromatic carbocycles.